The van der Waals surface area contributed by atoms with Crippen LogP contribution in [-0.2, 0) is 26.2 Å². The van der Waals surface area contributed by atoms with Gasteiger partial charge in [-0.3, -0.25) is 6.08 Å². The molecule has 0 aliphatic heterocycles. The van der Waals surface area contributed by atoms with Crippen molar-refractivity contribution in [3.8, 4) is 0 Å². The van der Waals surface area contributed by atoms with Crippen molar-refractivity contribution in [2.75, 3.05) is 0 Å². The first-order valence-corrected chi connectivity index (χ1v) is 8.13. The van der Waals surface area contributed by atoms with E-state index in [0.29, 0.717) is 0 Å². The predicted molar refractivity (Wildman–Crippen MR) is 96.6 cm³/mol. The summed E-state index contributed by atoms with van der Waals surface area (Å²) in [5.41, 5.74) is 5.72. The molecule has 0 atom stereocenters. The summed E-state index contributed by atoms with van der Waals surface area (Å²) in [5.74, 6) is 0. The minimum atomic E-state index is 0. The molecule has 1 aliphatic carbocycles. The van der Waals surface area contributed by atoms with Crippen LogP contribution < -0.4 is 9.41 Å². The summed E-state index contributed by atoms with van der Waals surface area (Å²) < 4.78 is 1.18. The first kappa shape index (κ1) is 25.8. The molecule has 0 spiro atoms. The van der Waals surface area contributed by atoms with Crippen LogP contribution in [0.4, 0.5) is 0 Å². The summed E-state index contributed by atoms with van der Waals surface area (Å²) in [6.07, 6.45) is 3.44. The van der Waals surface area contributed by atoms with Gasteiger partial charge in [-0.15, -0.1) is 41.5 Å². The van der Waals surface area contributed by atoms with Crippen molar-refractivity contribution in [3.05, 3.63) is 63.2 Å². The molecule has 0 heterocycles. The zero-order chi connectivity index (χ0) is 15.8. The van der Waals surface area contributed by atoms with E-state index in [-0.39, 0.29) is 41.0 Å². The Morgan fingerprint density at radius 2 is 1.62 bits per heavy atom. The van der Waals surface area contributed by atoms with Crippen LogP contribution in [0, 0.1) is 18.4 Å². The number of aryl methyl sites for hydroxylation is 1. The fourth-order valence-corrected chi connectivity index (χ4v) is 3.25. The van der Waals surface area contributed by atoms with Crippen LogP contribution in [-0.4, -0.2) is 0 Å². The Balaban J connectivity index is 0. The summed E-state index contributed by atoms with van der Waals surface area (Å²) in [7, 11) is 0. The van der Waals surface area contributed by atoms with E-state index < -0.39 is 0 Å². The van der Waals surface area contributed by atoms with Crippen LogP contribution in [0.5, 0.6) is 0 Å². The fourth-order valence-electron chi connectivity index (χ4n) is 2.75. The Hall–Kier alpha value is -0.467. The molecule has 0 radical (unpaired) electrons. The summed E-state index contributed by atoms with van der Waals surface area (Å²) in [6, 6.07) is 10.7. The monoisotopic (exact) mass is 470 g/mol. The molecule has 0 N–H and O–H groups in total. The molecule has 128 valence electrons. The second-order valence-corrected chi connectivity index (χ2v) is 7.25. The third-order valence-corrected chi connectivity index (χ3v) is 5.10. The number of halogens is 3. The van der Waals surface area contributed by atoms with E-state index in [1.807, 2.05) is 0 Å². The number of rotatable bonds is 0. The van der Waals surface area contributed by atoms with Crippen LogP contribution in [0.25, 0.3) is 10.8 Å². The van der Waals surface area contributed by atoms with Crippen molar-refractivity contribution in [2.24, 2.45) is 5.41 Å². The molecule has 0 unspecified atom stereocenters. The molecule has 4 heteroatoms. The van der Waals surface area contributed by atoms with E-state index in [0.717, 1.165) is 0 Å². The molecule has 0 amide bonds. The van der Waals surface area contributed by atoms with Crippen molar-refractivity contribution in [1.82, 2.24) is 0 Å². The third kappa shape index (κ3) is 5.53. The molecule has 2 aromatic rings. The topological polar surface area (TPSA) is 0 Å². The Bertz CT molecular complexity index is 739. The van der Waals surface area contributed by atoms with Gasteiger partial charge in [0, 0.05) is 0 Å². The van der Waals surface area contributed by atoms with Crippen LogP contribution in [0.3, 0.4) is 0 Å². The normalized spacial score (nSPS) is 14.7. The van der Waals surface area contributed by atoms with Gasteiger partial charge in [-0.2, -0.15) is 17.2 Å². The average molecular weight is 473 g/mol. The summed E-state index contributed by atoms with van der Waals surface area (Å²) in [6.45, 7) is 13.0. The molecule has 1 aliphatic rings. The van der Waals surface area contributed by atoms with Gasteiger partial charge in [0.1, 0.15) is 0 Å². The number of benzene rings is 1. The minimum absolute atomic E-state index is 0. The number of allylic oxidation sites excluding steroid dienone is 4. The maximum Gasteiger partial charge on any atom is 4.00 e. The molecule has 2 aromatic carbocycles. The summed E-state index contributed by atoms with van der Waals surface area (Å²) in [5, 5.41) is 2.63. The SMILES string of the molecule is CC1=[C-]C(C)(C)C(C)=C1C.Cc1cc2c(Br)cccc2[cH-]1.[F-].[F-].[Zr+4]. The Labute approximate surface area is 171 Å². The number of hydrogen-bond donors (Lipinski definition) is 0. The zero-order valence-corrected chi connectivity index (χ0v) is 19.1. The van der Waals surface area contributed by atoms with Crippen LogP contribution in [0.2, 0.25) is 0 Å². The van der Waals surface area contributed by atoms with Gasteiger partial charge in [0.05, 0.1) is 0 Å². The van der Waals surface area contributed by atoms with Gasteiger partial charge in [0.15, 0.2) is 0 Å². The Morgan fingerprint density at radius 3 is 2.00 bits per heavy atom. The second-order valence-electron chi connectivity index (χ2n) is 6.40. The van der Waals surface area contributed by atoms with Gasteiger partial charge >= 0.3 is 26.2 Å². The van der Waals surface area contributed by atoms with Crippen LogP contribution >= 0.6 is 15.9 Å². The van der Waals surface area contributed by atoms with E-state index in [2.05, 4.69) is 93.9 Å². The molecule has 24 heavy (non-hydrogen) atoms. The van der Waals surface area contributed by atoms with Crippen molar-refractivity contribution < 1.29 is 35.6 Å². The van der Waals surface area contributed by atoms with E-state index in [1.54, 1.807) is 0 Å². The van der Waals surface area contributed by atoms with E-state index in [4.69, 9.17) is 0 Å². The molecule has 0 saturated heterocycles. The summed E-state index contributed by atoms with van der Waals surface area (Å²) >= 11 is 3.51. The maximum atomic E-state index is 3.51. The Morgan fingerprint density at radius 1 is 1.04 bits per heavy atom. The molecule has 0 aromatic heterocycles. The van der Waals surface area contributed by atoms with Gasteiger partial charge in [0.2, 0.25) is 0 Å². The first-order chi connectivity index (χ1) is 9.72. The van der Waals surface area contributed by atoms with Crippen LogP contribution in [0.15, 0.2) is 51.5 Å². The van der Waals surface area contributed by atoms with Crippen molar-refractivity contribution in [3.63, 3.8) is 0 Å². The Kier molecular flexibility index (Phi) is 10.6. The first-order valence-electron chi connectivity index (χ1n) is 7.34. The van der Waals surface area contributed by atoms with E-state index in [9.17, 15) is 0 Å². The fraction of sp³-hybridized carbons (Fsp3) is 0.350. The minimum Gasteiger partial charge on any atom is -1.00 e. The molecule has 0 nitrogen and oxygen atoms in total. The quantitative estimate of drug-likeness (QED) is 0.497. The molecular formula is C20H23BrF2Zr. The predicted octanol–water partition coefficient (Wildman–Crippen LogP) is 0.747. The smallest absolute Gasteiger partial charge is 1.00 e. The standard InChI is InChI=1S/C10H8Br.C10H15.2FH.Zr/c1-7-5-8-3-2-4-10(11)9(8)6-7;1-7-6-10(4,5)9(3)8(7)2;;;/h2-6H,1H3;1-5H3;2*1H;/q2*-1;;;+4/p-2. The second kappa shape index (κ2) is 9.87. The number of fused-ring (bicyclic) bond motifs is 1. The van der Waals surface area contributed by atoms with Gasteiger partial charge in [0.25, 0.3) is 0 Å². The van der Waals surface area contributed by atoms with Gasteiger partial charge in [-0.05, 0) is 4.47 Å². The third-order valence-electron chi connectivity index (χ3n) is 4.40. The summed E-state index contributed by atoms with van der Waals surface area (Å²) in [4.78, 5) is 0. The molecule has 3 rings (SSSR count). The van der Waals surface area contributed by atoms with Crippen molar-refractivity contribution in [2.45, 2.75) is 41.5 Å². The van der Waals surface area contributed by atoms with Gasteiger partial charge in [-0.1, -0.05) is 62.0 Å². The van der Waals surface area contributed by atoms with Gasteiger partial charge in [-0.25, -0.2) is 5.57 Å². The zero-order valence-electron chi connectivity index (χ0n) is 15.0. The maximum absolute atomic E-state index is 3.51. The van der Waals surface area contributed by atoms with Crippen LogP contribution in [0.1, 0.15) is 40.2 Å². The van der Waals surface area contributed by atoms with Crippen molar-refractivity contribution in [1.29, 1.82) is 0 Å². The van der Waals surface area contributed by atoms with Gasteiger partial charge < -0.3 is 9.41 Å². The molecule has 0 saturated carbocycles. The van der Waals surface area contributed by atoms with Crippen molar-refractivity contribution >= 4 is 26.7 Å². The molecule has 0 fully saturated rings. The molecule has 0 bridgehead atoms. The average Bonchev–Trinajstić information content (AvgIpc) is 2.86. The number of hydrogen-bond acceptors (Lipinski definition) is 0. The van der Waals surface area contributed by atoms with E-state index in [1.165, 1.54) is 37.5 Å². The van der Waals surface area contributed by atoms with E-state index >= 15 is 0 Å². The largest absolute Gasteiger partial charge is 4.00 e. The molecular weight excluding hydrogens is 449 g/mol.